The van der Waals surface area contributed by atoms with Crippen LogP contribution in [-0.2, 0) is 16.1 Å². The maximum Gasteiger partial charge on any atom is 0.348 e. The minimum atomic E-state index is -1.09. The van der Waals surface area contributed by atoms with E-state index in [0.717, 1.165) is 11.3 Å². The second-order valence-corrected chi connectivity index (χ2v) is 5.81. The van der Waals surface area contributed by atoms with Gasteiger partial charge in [-0.1, -0.05) is 12.1 Å². The van der Waals surface area contributed by atoms with Gasteiger partial charge >= 0.3 is 11.9 Å². The fourth-order valence-corrected chi connectivity index (χ4v) is 2.30. The number of aliphatic carboxylic acids is 1. The van der Waals surface area contributed by atoms with Crippen LogP contribution in [0, 0.1) is 6.92 Å². The van der Waals surface area contributed by atoms with Gasteiger partial charge in [-0.05, 0) is 36.8 Å². The van der Waals surface area contributed by atoms with Crippen molar-refractivity contribution in [2.24, 2.45) is 0 Å². The highest BCUT2D eigenvalue weighted by atomic mass is 16.5. The molecule has 1 aromatic heterocycles. The van der Waals surface area contributed by atoms with Gasteiger partial charge in [-0.3, -0.25) is 4.98 Å². The smallest absolute Gasteiger partial charge is 0.348 e. The fraction of sp³-hybridized carbons (Fsp3) is 0.278. The number of aryl methyl sites for hydroxylation is 1. The number of hydrogen-bond acceptors (Lipinski definition) is 5. The van der Waals surface area contributed by atoms with E-state index in [1.165, 1.54) is 0 Å². The van der Waals surface area contributed by atoms with Crippen molar-refractivity contribution in [1.82, 2.24) is 4.98 Å². The molecule has 3 rings (SSSR count). The van der Waals surface area contributed by atoms with E-state index >= 15 is 0 Å². The standard InChI is InChI=1S/C18H17NO5/c1-12-9-14(5-8-19-12)16(20)23-11-13-3-2-4-15(10-13)24-18(6-7-18)17(21)22/h2-5,8-10H,6-7,11H2,1H3,(H,21,22). The zero-order valence-electron chi connectivity index (χ0n) is 13.2. The van der Waals surface area contributed by atoms with Crippen molar-refractivity contribution in [3.05, 3.63) is 59.4 Å². The summed E-state index contributed by atoms with van der Waals surface area (Å²) in [5.41, 5.74) is 0.818. The number of benzene rings is 1. The molecule has 1 saturated carbocycles. The van der Waals surface area contributed by atoms with Gasteiger partial charge < -0.3 is 14.6 Å². The van der Waals surface area contributed by atoms with Crippen LogP contribution in [0.5, 0.6) is 5.75 Å². The van der Waals surface area contributed by atoms with Crippen molar-refractivity contribution in [2.45, 2.75) is 32.0 Å². The van der Waals surface area contributed by atoms with Gasteiger partial charge in [0.15, 0.2) is 0 Å². The molecule has 6 heteroatoms. The largest absolute Gasteiger partial charge is 0.478 e. The maximum absolute atomic E-state index is 12.0. The molecule has 0 saturated heterocycles. The van der Waals surface area contributed by atoms with E-state index in [9.17, 15) is 9.59 Å². The van der Waals surface area contributed by atoms with Gasteiger partial charge in [0, 0.05) is 24.7 Å². The summed E-state index contributed by atoms with van der Waals surface area (Å²) in [6, 6.07) is 10.2. The van der Waals surface area contributed by atoms with Crippen molar-refractivity contribution in [1.29, 1.82) is 0 Å². The molecule has 24 heavy (non-hydrogen) atoms. The zero-order valence-corrected chi connectivity index (χ0v) is 13.2. The third-order valence-electron chi connectivity index (χ3n) is 3.81. The number of carbonyl (C=O) groups excluding carboxylic acids is 1. The number of hydrogen-bond donors (Lipinski definition) is 1. The first-order valence-electron chi connectivity index (χ1n) is 7.60. The van der Waals surface area contributed by atoms with Crippen molar-refractivity contribution >= 4 is 11.9 Å². The second-order valence-electron chi connectivity index (χ2n) is 5.81. The number of ether oxygens (including phenoxy) is 2. The quantitative estimate of drug-likeness (QED) is 0.821. The Balaban J connectivity index is 1.63. The SMILES string of the molecule is Cc1cc(C(=O)OCc2cccc(OC3(C(=O)O)CC3)c2)ccn1. The Labute approximate surface area is 139 Å². The summed E-state index contributed by atoms with van der Waals surface area (Å²) in [5.74, 6) is -0.924. The van der Waals surface area contributed by atoms with E-state index in [0.29, 0.717) is 24.2 Å². The first kappa shape index (κ1) is 16.0. The normalized spacial score (nSPS) is 14.7. The molecule has 2 aromatic rings. The Hall–Kier alpha value is -2.89. The number of rotatable bonds is 6. The van der Waals surface area contributed by atoms with E-state index in [4.69, 9.17) is 14.6 Å². The molecular weight excluding hydrogens is 310 g/mol. The van der Waals surface area contributed by atoms with Crippen LogP contribution in [0.4, 0.5) is 0 Å². The van der Waals surface area contributed by atoms with Gasteiger partial charge in [0.2, 0.25) is 5.60 Å². The molecule has 124 valence electrons. The Morgan fingerprint density at radius 2 is 2.04 bits per heavy atom. The topological polar surface area (TPSA) is 85.7 Å². The number of esters is 1. The molecule has 0 amide bonds. The molecule has 1 aliphatic rings. The average molecular weight is 327 g/mol. The molecule has 6 nitrogen and oxygen atoms in total. The summed E-state index contributed by atoms with van der Waals surface area (Å²) in [7, 11) is 0. The molecule has 0 aliphatic heterocycles. The highest BCUT2D eigenvalue weighted by molar-refractivity contribution is 5.89. The van der Waals surface area contributed by atoms with Gasteiger partial charge in [0.25, 0.3) is 0 Å². The van der Waals surface area contributed by atoms with E-state index in [-0.39, 0.29) is 6.61 Å². The summed E-state index contributed by atoms with van der Waals surface area (Å²) in [6.07, 6.45) is 2.56. The fourth-order valence-electron chi connectivity index (χ4n) is 2.30. The zero-order chi connectivity index (χ0) is 17.2. The minimum absolute atomic E-state index is 0.0808. The average Bonchev–Trinajstić information content (AvgIpc) is 3.34. The van der Waals surface area contributed by atoms with Gasteiger partial charge in [-0.2, -0.15) is 0 Å². The summed E-state index contributed by atoms with van der Waals surface area (Å²) in [4.78, 5) is 27.2. The van der Waals surface area contributed by atoms with Crippen LogP contribution in [0.2, 0.25) is 0 Å². The lowest BCUT2D eigenvalue weighted by Gasteiger charge is -2.14. The van der Waals surface area contributed by atoms with Crippen LogP contribution in [0.3, 0.4) is 0 Å². The molecule has 0 radical (unpaired) electrons. The van der Waals surface area contributed by atoms with Crippen molar-refractivity contribution in [2.75, 3.05) is 0 Å². The molecule has 1 heterocycles. The van der Waals surface area contributed by atoms with Crippen LogP contribution in [-0.4, -0.2) is 27.6 Å². The van der Waals surface area contributed by atoms with Crippen LogP contribution in [0.15, 0.2) is 42.6 Å². The van der Waals surface area contributed by atoms with E-state index in [1.54, 1.807) is 49.5 Å². The third-order valence-corrected chi connectivity index (χ3v) is 3.81. The number of carbonyl (C=O) groups is 2. The van der Waals surface area contributed by atoms with Crippen LogP contribution in [0.25, 0.3) is 0 Å². The van der Waals surface area contributed by atoms with Gasteiger partial charge in [0.1, 0.15) is 12.4 Å². The first-order chi connectivity index (χ1) is 11.5. The van der Waals surface area contributed by atoms with E-state index < -0.39 is 17.5 Å². The molecule has 1 N–H and O–H groups in total. The summed E-state index contributed by atoms with van der Waals surface area (Å²) >= 11 is 0. The number of pyridine rings is 1. The van der Waals surface area contributed by atoms with Crippen LogP contribution in [0.1, 0.15) is 34.5 Å². The summed E-state index contributed by atoms with van der Waals surface area (Å²) < 4.78 is 10.9. The van der Waals surface area contributed by atoms with Gasteiger partial charge in [0.05, 0.1) is 5.56 Å². The molecule has 0 bridgehead atoms. The molecular formula is C18H17NO5. The molecule has 1 aromatic carbocycles. The number of nitrogens with zero attached hydrogens (tertiary/aromatic N) is 1. The Bertz CT molecular complexity index is 782. The summed E-state index contributed by atoms with van der Waals surface area (Å²) in [5, 5.41) is 9.16. The highest BCUT2D eigenvalue weighted by Gasteiger charge is 2.53. The molecule has 0 spiro atoms. The minimum Gasteiger partial charge on any atom is -0.478 e. The van der Waals surface area contributed by atoms with Gasteiger partial charge in [-0.25, -0.2) is 9.59 Å². The number of carboxylic acid groups (broad SMARTS) is 1. The Kier molecular flexibility index (Phi) is 4.20. The van der Waals surface area contributed by atoms with Crippen LogP contribution >= 0.6 is 0 Å². The van der Waals surface area contributed by atoms with Crippen molar-refractivity contribution < 1.29 is 24.2 Å². The predicted octanol–water partition coefficient (Wildman–Crippen LogP) is 2.74. The highest BCUT2D eigenvalue weighted by Crippen LogP contribution is 2.40. The molecule has 0 unspecified atom stereocenters. The van der Waals surface area contributed by atoms with E-state index in [2.05, 4.69) is 4.98 Å². The predicted molar refractivity (Wildman–Crippen MR) is 84.8 cm³/mol. The lowest BCUT2D eigenvalue weighted by molar-refractivity contribution is -0.147. The van der Waals surface area contributed by atoms with Crippen molar-refractivity contribution in [3.8, 4) is 5.75 Å². The Morgan fingerprint density at radius 3 is 2.71 bits per heavy atom. The number of carboxylic acids is 1. The first-order valence-corrected chi connectivity index (χ1v) is 7.60. The van der Waals surface area contributed by atoms with Gasteiger partial charge in [-0.15, -0.1) is 0 Å². The van der Waals surface area contributed by atoms with Crippen LogP contribution < -0.4 is 4.74 Å². The van der Waals surface area contributed by atoms with E-state index in [1.807, 2.05) is 0 Å². The molecule has 1 fully saturated rings. The molecule has 1 aliphatic carbocycles. The number of aromatic nitrogens is 1. The van der Waals surface area contributed by atoms with Crippen molar-refractivity contribution in [3.63, 3.8) is 0 Å². The maximum atomic E-state index is 12.0. The lowest BCUT2D eigenvalue weighted by Crippen LogP contribution is -2.28. The lowest BCUT2D eigenvalue weighted by atomic mass is 10.2. The molecule has 0 atom stereocenters. The summed E-state index contributed by atoms with van der Waals surface area (Å²) in [6.45, 7) is 1.88. The monoisotopic (exact) mass is 327 g/mol. The third kappa shape index (κ3) is 3.53. The Morgan fingerprint density at radius 1 is 1.25 bits per heavy atom. The second kappa shape index (κ2) is 6.31.